The molecule has 2 N–H and O–H groups in total. The van der Waals surface area contributed by atoms with Crippen LogP contribution < -0.4 is 5.32 Å². The second kappa shape index (κ2) is 3.21. The van der Waals surface area contributed by atoms with Crippen LogP contribution in [0.1, 0.15) is 11.1 Å². The molecule has 0 aliphatic heterocycles. The van der Waals surface area contributed by atoms with Crippen LogP contribution in [0.2, 0.25) is 0 Å². The number of hydrogen-bond donors (Lipinski definition) is 2. The summed E-state index contributed by atoms with van der Waals surface area (Å²) in [5.74, 6) is 0.366. The van der Waals surface area contributed by atoms with Gasteiger partial charge in [-0.2, -0.15) is 0 Å². The van der Waals surface area contributed by atoms with Crippen molar-refractivity contribution in [3.8, 4) is 0 Å². The second-order valence-corrected chi connectivity index (χ2v) is 2.58. The second-order valence-electron chi connectivity index (χ2n) is 2.58. The van der Waals surface area contributed by atoms with Crippen molar-refractivity contribution < 1.29 is 9.90 Å². The molecule has 0 aliphatic carbocycles. The molecule has 1 heterocycles. The predicted octanol–water partition coefficient (Wildman–Crippen LogP) is 1.79. The number of rotatable bonds is 1. The molecule has 0 fully saturated rings. The van der Waals surface area contributed by atoms with Crippen molar-refractivity contribution in [2.45, 2.75) is 13.8 Å². The quantitative estimate of drug-likeness (QED) is 0.668. The average molecular weight is 166 g/mol. The largest absolute Gasteiger partial charge is 0.465 e. The van der Waals surface area contributed by atoms with Crippen molar-refractivity contribution in [1.82, 2.24) is 4.98 Å². The summed E-state index contributed by atoms with van der Waals surface area (Å²) in [4.78, 5) is 14.1. The van der Waals surface area contributed by atoms with Gasteiger partial charge in [0.05, 0.1) is 0 Å². The number of nitrogens with zero attached hydrogens (tertiary/aromatic N) is 1. The van der Waals surface area contributed by atoms with E-state index >= 15 is 0 Å². The lowest BCUT2D eigenvalue weighted by molar-refractivity contribution is 0.209. The summed E-state index contributed by atoms with van der Waals surface area (Å²) in [5, 5.41) is 10.6. The highest BCUT2D eigenvalue weighted by Crippen LogP contribution is 2.09. The van der Waals surface area contributed by atoms with Crippen LogP contribution >= 0.6 is 0 Å². The molecule has 0 saturated heterocycles. The third-order valence-electron chi connectivity index (χ3n) is 1.61. The Morgan fingerprint density at radius 1 is 1.50 bits per heavy atom. The van der Waals surface area contributed by atoms with Gasteiger partial charge in [0.25, 0.3) is 0 Å². The first-order valence-corrected chi connectivity index (χ1v) is 3.53. The Morgan fingerprint density at radius 2 is 2.17 bits per heavy atom. The molecule has 0 spiro atoms. The zero-order chi connectivity index (χ0) is 9.14. The molecule has 1 aromatic rings. The van der Waals surface area contributed by atoms with Crippen LogP contribution in [0.4, 0.5) is 10.6 Å². The van der Waals surface area contributed by atoms with Crippen LogP contribution in [0.25, 0.3) is 0 Å². The number of carboxylic acid groups (broad SMARTS) is 1. The Balaban J connectivity index is 2.89. The molecule has 0 atom stereocenters. The van der Waals surface area contributed by atoms with Crippen molar-refractivity contribution in [3.63, 3.8) is 0 Å². The van der Waals surface area contributed by atoms with Gasteiger partial charge in [0, 0.05) is 6.20 Å². The monoisotopic (exact) mass is 166 g/mol. The summed E-state index contributed by atoms with van der Waals surface area (Å²) in [6.45, 7) is 3.83. The highest BCUT2D eigenvalue weighted by atomic mass is 16.4. The fraction of sp³-hybridized carbons (Fsp3) is 0.250. The topological polar surface area (TPSA) is 62.2 Å². The lowest BCUT2D eigenvalue weighted by Crippen LogP contribution is -2.08. The van der Waals surface area contributed by atoms with Gasteiger partial charge in [-0.3, -0.25) is 5.32 Å². The molecular weight excluding hydrogens is 156 g/mol. The van der Waals surface area contributed by atoms with E-state index in [0.29, 0.717) is 5.82 Å². The Bertz CT molecular complexity index is 310. The minimum absolute atomic E-state index is 0.366. The molecule has 0 saturated carbocycles. The third kappa shape index (κ3) is 1.95. The minimum Gasteiger partial charge on any atom is -0.465 e. The summed E-state index contributed by atoms with van der Waals surface area (Å²) in [5.41, 5.74) is 2.07. The molecule has 1 aromatic heterocycles. The lowest BCUT2D eigenvalue weighted by Gasteiger charge is -2.02. The highest BCUT2D eigenvalue weighted by molar-refractivity contribution is 5.81. The van der Waals surface area contributed by atoms with E-state index < -0.39 is 6.09 Å². The zero-order valence-electron chi connectivity index (χ0n) is 6.96. The molecule has 1 rings (SSSR count). The van der Waals surface area contributed by atoms with Crippen LogP contribution in [-0.4, -0.2) is 16.2 Å². The first-order chi connectivity index (χ1) is 5.59. The Kier molecular flexibility index (Phi) is 2.28. The van der Waals surface area contributed by atoms with Crippen molar-refractivity contribution >= 4 is 11.9 Å². The van der Waals surface area contributed by atoms with Gasteiger partial charge in [-0.15, -0.1) is 0 Å². The van der Waals surface area contributed by atoms with Gasteiger partial charge in [-0.1, -0.05) is 0 Å². The number of nitrogens with one attached hydrogen (secondary N) is 1. The van der Waals surface area contributed by atoms with Crippen LogP contribution in [0, 0.1) is 13.8 Å². The fourth-order valence-corrected chi connectivity index (χ4v) is 0.802. The summed E-state index contributed by atoms with van der Waals surface area (Å²) in [7, 11) is 0. The number of hydrogen-bond acceptors (Lipinski definition) is 2. The van der Waals surface area contributed by atoms with Crippen molar-refractivity contribution in [2.24, 2.45) is 0 Å². The standard InChI is InChI=1S/C8H10N2O2/c1-5-3-7(10-8(11)12)9-4-6(5)2/h3-4H,1-2H3,(H,9,10)(H,11,12). The molecular formula is C8H10N2O2. The van der Waals surface area contributed by atoms with E-state index in [4.69, 9.17) is 5.11 Å². The van der Waals surface area contributed by atoms with E-state index in [2.05, 4.69) is 10.3 Å². The summed E-state index contributed by atoms with van der Waals surface area (Å²) < 4.78 is 0. The van der Waals surface area contributed by atoms with Crippen LogP contribution in [0.3, 0.4) is 0 Å². The smallest absolute Gasteiger partial charge is 0.410 e. The van der Waals surface area contributed by atoms with Gasteiger partial charge < -0.3 is 5.11 Å². The minimum atomic E-state index is -1.09. The van der Waals surface area contributed by atoms with Gasteiger partial charge in [-0.05, 0) is 31.0 Å². The molecule has 1 amide bonds. The van der Waals surface area contributed by atoms with Gasteiger partial charge >= 0.3 is 6.09 Å². The predicted molar refractivity (Wildman–Crippen MR) is 45.4 cm³/mol. The van der Waals surface area contributed by atoms with Gasteiger partial charge in [0.15, 0.2) is 0 Å². The number of aromatic nitrogens is 1. The first kappa shape index (κ1) is 8.52. The molecule has 0 bridgehead atoms. The van der Waals surface area contributed by atoms with E-state index in [1.807, 2.05) is 13.8 Å². The molecule has 0 aliphatic rings. The maximum Gasteiger partial charge on any atom is 0.410 e. The van der Waals surface area contributed by atoms with Gasteiger partial charge in [0.1, 0.15) is 5.82 Å². The van der Waals surface area contributed by atoms with E-state index in [1.165, 1.54) is 0 Å². The van der Waals surface area contributed by atoms with Gasteiger partial charge in [-0.25, -0.2) is 9.78 Å². The molecule has 4 nitrogen and oxygen atoms in total. The molecule has 12 heavy (non-hydrogen) atoms. The van der Waals surface area contributed by atoms with Crippen LogP contribution in [-0.2, 0) is 0 Å². The van der Waals surface area contributed by atoms with E-state index in [9.17, 15) is 4.79 Å². The summed E-state index contributed by atoms with van der Waals surface area (Å²) >= 11 is 0. The Morgan fingerprint density at radius 3 is 2.67 bits per heavy atom. The fourth-order valence-electron chi connectivity index (χ4n) is 0.802. The molecule has 4 heteroatoms. The Hall–Kier alpha value is -1.58. The third-order valence-corrected chi connectivity index (χ3v) is 1.61. The van der Waals surface area contributed by atoms with Gasteiger partial charge in [0.2, 0.25) is 0 Å². The number of pyridine rings is 1. The molecule has 0 radical (unpaired) electrons. The molecule has 64 valence electrons. The van der Waals surface area contributed by atoms with Crippen LogP contribution in [0.15, 0.2) is 12.3 Å². The van der Waals surface area contributed by atoms with Crippen LogP contribution in [0.5, 0.6) is 0 Å². The summed E-state index contributed by atoms with van der Waals surface area (Å²) in [6, 6.07) is 1.70. The first-order valence-electron chi connectivity index (χ1n) is 3.53. The highest BCUT2D eigenvalue weighted by Gasteiger charge is 2.00. The SMILES string of the molecule is Cc1cnc(NC(=O)O)cc1C. The number of amides is 1. The number of aryl methyl sites for hydroxylation is 2. The molecule has 0 unspecified atom stereocenters. The summed E-state index contributed by atoms with van der Waals surface area (Å²) in [6.07, 6.45) is 0.548. The van der Waals surface area contributed by atoms with Crippen molar-refractivity contribution in [1.29, 1.82) is 0 Å². The average Bonchev–Trinajstić information content (AvgIpc) is 1.96. The van der Waals surface area contributed by atoms with Crippen molar-refractivity contribution in [2.75, 3.05) is 5.32 Å². The normalized spacial score (nSPS) is 9.50. The zero-order valence-corrected chi connectivity index (χ0v) is 6.96. The van der Waals surface area contributed by atoms with E-state index in [-0.39, 0.29) is 0 Å². The number of anilines is 1. The Labute approximate surface area is 70.3 Å². The maximum absolute atomic E-state index is 10.2. The number of carbonyl (C=O) groups is 1. The van der Waals surface area contributed by atoms with E-state index in [1.54, 1.807) is 12.3 Å². The lowest BCUT2D eigenvalue weighted by atomic mass is 10.2. The van der Waals surface area contributed by atoms with Crippen molar-refractivity contribution in [3.05, 3.63) is 23.4 Å². The maximum atomic E-state index is 10.2. The molecule has 0 aromatic carbocycles. The van der Waals surface area contributed by atoms with E-state index in [0.717, 1.165) is 11.1 Å².